The highest BCUT2D eigenvalue weighted by molar-refractivity contribution is 5.81. The van der Waals surface area contributed by atoms with E-state index in [0.29, 0.717) is 11.4 Å². The van der Waals surface area contributed by atoms with E-state index in [1.165, 1.54) is 12.1 Å². The van der Waals surface area contributed by atoms with Gasteiger partial charge in [-0.1, -0.05) is 24.3 Å². The van der Waals surface area contributed by atoms with Gasteiger partial charge in [-0.05, 0) is 36.2 Å². The number of nitrogens with zero attached hydrogens (tertiary/aromatic N) is 3. The van der Waals surface area contributed by atoms with Gasteiger partial charge in [-0.25, -0.2) is 14.1 Å². The Hall–Kier alpha value is -3.26. The van der Waals surface area contributed by atoms with Gasteiger partial charge in [-0.15, -0.1) is 5.10 Å². The molecule has 26 heavy (non-hydrogen) atoms. The lowest BCUT2D eigenvalue weighted by Gasteiger charge is -2.11. The Morgan fingerprint density at radius 3 is 2.77 bits per heavy atom. The first-order valence-electron chi connectivity index (χ1n) is 7.99. The molecule has 1 heterocycles. The molecule has 8 heteroatoms. The fourth-order valence-corrected chi connectivity index (χ4v) is 2.40. The Morgan fingerprint density at radius 2 is 2.04 bits per heavy atom. The number of nitrogens with one attached hydrogen (secondary N) is 1. The van der Waals surface area contributed by atoms with Gasteiger partial charge in [-0.3, -0.25) is 4.79 Å². The van der Waals surface area contributed by atoms with Crippen molar-refractivity contribution < 1.29 is 14.3 Å². The molecular formula is C18H18FN5O2. The third-order valence-corrected chi connectivity index (χ3v) is 3.79. The molecule has 0 aliphatic heterocycles. The number of rotatable bonds is 6. The Bertz CT molecular complexity index is 898. The number of phenols is 1. The predicted molar refractivity (Wildman–Crippen MR) is 92.9 cm³/mol. The number of benzene rings is 2. The van der Waals surface area contributed by atoms with Crippen molar-refractivity contribution in [3.05, 3.63) is 72.1 Å². The molecule has 1 atom stereocenters. The Labute approximate surface area is 149 Å². The van der Waals surface area contributed by atoms with Crippen molar-refractivity contribution in [3.63, 3.8) is 0 Å². The highest BCUT2D eigenvalue weighted by atomic mass is 19.1. The number of para-hydroxylation sites is 1. The van der Waals surface area contributed by atoms with Gasteiger partial charge in [0.25, 0.3) is 0 Å². The van der Waals surface area contributed by atoms with E-state index >= 15 is 0 Å². The fraction of sp³-hybridized carbons (Fsp3) is 0.167. The van der Waals surface area contributed by atoms with E-state index in [0.717, 1.165) is 11.8 Å². The summed E-state index contributed by atoms with van der Waals surface area (Å²) in [5, 5.41) is 16.1. The van der Waals surface area contributed by atoms with Crippen LogP contribution in [0.2, 0.25) is 0 Å². The van der Waals surface area contributed by atoms with Gasteiger partial charge < -0.3 is 16.2 Å². The number of aromatic hydroxyl groups is 1. The van der Waals surface area contributed by atoms with Crippen LogP contribution in [0, 0.1) is 5.82 Å². The van der Waals surface area contributed by atoms with Crippen molar-refractivity contribution in [2.75, 3.05) is 0 Å². The average molecular weight is 355 g/mol. The number of aromatic nitrogens is 3. The van der Waals surface area contributed by atoms with Crippen molar-refractivity contribution in [1.82, 2.24) is 20.1 Å². The molecule has 0 bridgehead atoms. The number of carbonyl (C=O) groups is 1. The molecule has 1 aromatic heterocycles. The third kappa shape index (κ3) is 4.22. The number of hydrogen-bond donors (Lipinski definition) is 3. The molecule has 0 aliphatic carbocycles. The van der Waals surface area contributed by atoms with Crippen LogP contribution in [0.4, 0.5) is 4.39 Å². The molecule has 0 saturated heterocycles. The van der Waals surface area contributed by atoms with Crippen LogP contribution in [0.3, 0.4) is 0 Å². The predicted octanol–water partition coefficient (Wildman–Crippen LogP) is 1.30. The fourth-order valence-electron chi connectivity index (χ4n) is 2.40. The van der Waals surface area contributed by atoms with Crippen LogP contribution in [-0.4, -0.2) is 31.8 Å². The molecule has 0 fully saturated rings. The van der Waals surface area contributed by atoms with E-state index in [1.54, 1.807) is 11.0 Å². The molecule has 0 aliphatic rings. The van der Waals surface area contributed by atoms with Gasteiger partial charge >= 0.3 is 0 Å². The topological polar surface area (TPSA) is 106 Å². The highest BCUT2D eigenvalue weighted by Crippen LogP contribution is 2.17. The summed E-state index contributed by atoms with van der Waals surface area (Å²) in [6.45, 7) is 0.135. The second-order valence-electron chi connectivity index (χ2n) is 5.76. The number of hydrogen-bond acceptors (Lipinski definition) is 5. The molecular weight excluding hydrogens is 337 g/mol. The normalized spacial score (nSPS) is 11.9. The number of amides is 1. The summed E-state index contributed by atoms with van der Waals surface area (Å²) in [6, 6.07) is 12.5. The summed E-state index contributed by atoms with van der Waals surface area (Å²) < 4.78 is 14.9. The number of carbonyl (C=O) groups excluding carboxylic acids is 1. The van der Waals surface area contributed by atoms with Crippen LogP contribution in [0.1, 0.15) is 11.4 Å². The highest BCUT2D eigenvalue weighted by Gasteiger charge is 2.15. The van der Waals surface area contributed by atoms with Crippen LogP contribution in [0.5, 0.6) is 5.75 Å². The van der Waals surface area contributed by atoms with Crippen molar-refractivity contribution in [2.45, 2.75) is 19.0 Å². The molecule has 4 N–H and O–H groups in total. The summed E-state index contributed by atoms with van der Waals surface area (Å²) in [6.07, 6.45) is 1.71. The summed E-state index contributed by atoms with van der Waals surface area (Å²) in [4.78, 5) is 16.3. The van der Waals surface area contributed by atoms with E-state index in [-0.39, 0.29) is 13.0 Å². The summed E-state index contributed by atoms with van der Waals surface area (Å²) in [7, 11) is 0. The molecule has 134 valence electrons. The second kappa shape index (κ2) is 7.75. The number of phenolic OH excluding ortho intramolecular Hbond substituents is 1. The van der Waals surface area contributed by atoms with Crippen molar-refractivity contribution in [3.8, 4) is 11.4 Å². The molecule has 0 saturated carbocycles. The van der Waals surface area contributed by atoms with E-state index in [2.05, 4.69) is 15.4 Å². The maximum Gasteiger partial charge on any atom is 0.237 e. The Kier molecular flexibility index (Phi) is 5.23. The zero-order valence-corrected chi connectivity index (χ0v) is 13.8. The quantitative estimate of drug-likeness (QED) is 0.618. The van der Waals surface area contributed by atoms with Gasteiger partial charge in [-0.2, -0.15) is 0 Å². The van der Waals surface area contributed by atoms with Crippen LogP contribution in [-0.2, 0) is 17.8 Å². The molecule has 0 radical (unpaired) electrons. The largest absolute Gasteiger partial charge is 0.505 e. The first-order valence-corrected chi connectivity index (χ1v) is 7.99. The molecule has 1 unspecified atom stereocenters. The molecule has 3 aromatic rings. The van der Waals surface area contributed by atoms with Gasteiger partial charge in [0.15, 0.2) is 17.4 Å². The Balaban J connectivity index is 1.55. The molecule has 0 spiro atoms. The van der Waals surface area contributed by atoms with Gasteiger partial charge in [0.2, 0.25) is 5.91 Å². The van der Waals surface area contributed by atoms with Gasteiger partial charge in [0.1, 0.15) is 6.33 Å². The zero-order valence-electron chi connectivity index (χ0n) is 13.8. The van der Waals surface area contributed by atoms with Gasteiger partial charge in [0.05, 0.1) is 18.3 Å². The maximum atomic E-state index is 13.3. The number of halogens is 1. The Morgan fingerprint density at radius 1 is 1.27 bits per heavy atom. The van der Waals surface area contributed by atoms with E-state index < -0.39 is 23.5 Å². The van der Waals surface area contributed by atoms with E-state index in [4.69, 9.17) is 5.73 Å². The number of nitrogens with two attached hydrogens (primary N) is 1. The minimum Gasteiger partial charge on any atom is -0.505 e. The summed E-state index contributed by atoms with van der Waals surface area (Å²) in [5.41, 5.74) is 7.24. The smallest absolute Gasteiger partial charge is 0.237 e. The third-order valence-electron chi connectivity index (χ3n) is 3.79. The van der Waals surface area contributed by atoms with Gasteiger partial charge in [0, 0.05) is 0 Å². The lowest BCUT2D eigenvalue weighted by molar-refractivity contribution is -0.122. The molecule has 2 aromatic carbocycles. The lowest BCUT2D eigenvalue weighted by Crippen LogP contribution is -2.41. The van der Waals surface area contributed by atoms with E-state index in [9.17, 15) is 14.3 Å². The molecule has 1 amide bonds. The second-order valence-corrected chi connectivity index (χ2v) is 5.76. The standard InChI is InChI=1S/C18H18FN5O2/c19-14-8-12(6-7-16(14)25)9-15(20)18(26)21-10-17-22-11-24(23-17)13-4-2-1-3-5-13/h1-8,11,15,25H,9-10,20H2,(H,21,26). The molecule has 7 nitrogen and oxygen atoms in total. The van der Waals surface area contributed by atoms with Crippen LogP contribution in [0.15, 0.2) is 54.9 Å². The minimum absolute atomic E-state index is 0.135. The zero-order chi connectivity index (χ0) is 18.5. The van der Waals surface area contributed by atoms with E-state index in [1.807, 2.05) is 30.3 Å². The van der Waals surface area contributed by atoms with Crippen molar-refractivity contribution in [1.29, 1.82) is 0 Å². The monoisotopic (exact) mass is 355 g/mol. The van der Waals surface area contributed by atoms with Crippen molar-refractivity contribution in [2.24, 2.45) is 5.73 Å². The van der Waals surface area contributed by atoms with Crippen LogP contribution < -0.4 is 11.1 Å². The van der Waals surface area contributed by atoms with Crippen molar-refractivity contribution >= 4 is 5.91 Å². The lowest BCUT2D eigenvalue weighted by atomic mass is 10.1. The SMILES string of the molecule is NC(Cc1ccc(O)c(F)c1)C(=O)NCc1ncn(-c2ccccc2)n1. The molecule has 3 rings (SSSR count). The minimum atomic E-state index is -0.852. The summed E-state index contributed by atoms with van der Waals surface area (Å²) >= 11 is 0. The van der Waals surface area contributed by atoms with Crippen LogP contribution >= 0.6 is 0 Å². The first-order chi connectivity index (χ1) is 12.5. The maximum absolute atomic E-state index is 13.3. The summed E-state index contributed by atoms with van der Waals surface area (Å²) in [5.74, 6) is -1.13. The average Bonchev–Trinajstić information content (AvgIpc) is 3.12. The first kappa shape index (κ1) is 17.6. The van der Waals surface area contributed by atoms with Crippen LogP contribution in [0.25, 0.3) is 5.69 Å².